The summed E-state index contributed by atoms with van der Waals surface area (Å²) in [6.07, 6.45) is 2.19. The summed E-state index contributed by atoms with van der Waals surface area (Å²) < 4.78 is 5.55. The van der Waals surface area contributed by atoms with Crippen molar-refractivity contribution in [1.82, 2.24) is 10.6 Å². The Morgan fingerprint density at radius 2 is 1.67 bits per heavy atom. The van der Waals surface area contributed by atoms with Gasteiger partial charge in [-0.15, -0.1) is 0 Å². The van der Waals surface area contributed by atoms with E-state index in [-0.39, 0.29) is 18.1 Å². The maximum absolute atomic E-state index is 11.8. The average molecular weight is 369 g/mol. The molecule has 1 amide bonds. The van der Waals surface area contributed by atoms with Gasteiger partial charge in [0.15, 0.2) is 6.61 Å². The van der Waals surface area contributed by atoms with E-state index in [0.717, 1.165) is 19.4 Å². The maximum atomic E-state index is 11.8. The SMILES string of the molecule is CC(CCc1ccccc1)NCc1ccc(OCC(=O)NC(C)(C)C)cc1. The van der Waals surface area contributed by atoms with Crippen molar-refractivity contribution in [2.45, 2.75) is 58.7 Å². The van der Waals surface area contributed by atoms with Crippen LogP contribution in [0.1, 0.15) is 45.2 Å². The molecule has 0 heterocycles. The molecule has 0 saturated heterocycles. The van der Waals surface area contributed by atoms with E-state index in [0.29, 0.717) is 11.8 Å². The van der Waals surface area contributed by atoms with E-state index in [4.69, 9.17) is 4.74 Å². The van der Waals surface area contributed by atoms with Crippen LogP contribution in [-0.4, -0.2) is 24.1 Å². The molecule has 27 heavy (non-hydrogen) atoms. The fourth-order valence-electron chi connectivity index (χ4n) is 2.73. The third-order valence-corrected chi connectivity index (χ3v) is 4.17. The molecule has 0 aliphatic heterocycles. The molecule has 0 saturated carbocycles. The fraction of sp³-hybridized carbons (Fsp3) is 0.435. The summed E-state index contributed by atoms with van der Waals surface area (Å²) in [4.78, 5) is 11.8. The van der Waals surface area contributed by atoms with Gasteiger partial charge in [-0.2, -0.15) is 0 Å². The highest BCUT2D eigenvalue weighted by molar-refractivity contribution is 5.78. The van der Waals surface area contributed by atoms with Crippen LogP contribution in [0.2, 0.25) is 0 Å². The summed E-state index contributed by atoms with van der Waals surface area (Å²) in [6, 6.07) is 18.9. The molecule has 2 aromatic carbocycles. The molecule has 0 fully saturated rings. The summed E-state index contributed by atoms with van der Waals surface area (Å²) in [5, 5.41) is 6.44. The molecular formula is C23H32N2O2. The van der Waals surface area contributed by atoms with E-state index in [9.17, 15) is 4.79 Å². The number of rotatable bonds is 9. The van der Waals surface area contributed by atoms with Gasteiger partial charge in [0.05, 0.1) is 0 Å². The lowest BCUT2D eigenvalue weighted by Gasteiger charge is -2.20. The molecule has 0 aliphatic carbocycles. The Morgan fingerprint density at radius 1 is 1.00 bits per heavy atom. The molecule has 0 aliphatic rings. The second kappa shape index (κ2) is 10.1. The molecule has 0 spiro atoms. The molecule has 1 unspecified atom stereocenters. The number of aryl methyl sites for hydroxylation is 1. The van der Waals surface area contributed by atoms with Crippen molar-refractivity contribution in [2.75, 3.05) is 6.61 Å². The molecule has 0 aromatic heterocycles. The van der Waals surface area contributed by atoms with Gasteiger partial charge in [-0.3, -0.25) is 4.79 Å². The summed E-state index contributed by atoms with van der Waals surface area (Å²) in [7, 11) is 0. The molecule has 0 bridgehead atoms. The van der Waals surface area contributed by atoms with E-state index in [1.165, 1.54) is 11.1 Å². The first kappa shape index (κ1) is 21.0. The molecule has 0 radical (unpaired) electrons. The Hall–Kier alpha value is -2.33. The third kappa shape index (κ3) is 8.74. The van der Waals surface area contributed by atoms with E-state index < -0.39 is 0 Å². The number of amides is 1. The number of carbonyl (C=O) groups is 1. The van der Waals surface area contributed by atoms with Gasteiger partial charge < -0.3 is 15.4 Å². The number of hydrogen-bond acceptors (Lipinski definition) is 3. The Bertz CT molecular complexity index is 691. The highest BCUT2D eigenvalue weighted by Crippen LogP contribution is 2.13. The van der Waals surface area contributed by atoms with Crippen LogP contribution in [0.4, 0.5) is 0 Å². The Balaban J connectivity index is 1.69. The minimum absolute atomic E-state index is 0.0331. The summed E-state index contributed by atoms with van der Waals surface area (Å²) in [5.74, 6) is 0.598. The predicted molar refractivity (Wildman–Crippen MR) is 111 cm³/mol. The van der Waals surface area contributed by atoms with Crippen LogP contribution in [-0.2, 0) is 17.8 Å². The maximum Gasteiger partial charge on any atom is 0.258 e. The number of benzene rings is 2. The lowest BCUT2D eigenvalue weighted by atomic mass is 10.1. The van der Waals surface area contributed by atoms with Crippen molar-refractivity contribution in [2.24, 2.45) is 0 Å². The highest BCUT2D eigenvalue weighted by Gasteiger charge is 2.13. The Kier molecular flexibility index (Phi) is 7.86. The van der Waals surface area contributed by atoms with Crippen LogP contribution < -0.4 is 15.4 Å². The Morgan fingerprint density at radius 3 is 2.30 bits per heavy atom. The van der Waals surface area contributed by atoms with Gasteiger partial charge in [-0.05, 0) is 63.8 Å². The zero-order valence-electron chi connectivity index (χ0n) is 16.9. The number of carbonyl (C=O) groups excluding carboxylic acids is 1. The van der Waals surface area contributed by atoms with Crippen molar-refractivity contribution in [3.63, 3.8) is 0 Å². The largest absolute Gasteiger partial charge is 0.484 e. The molecule has 146 valence electrons. The standard InChI is InChI=1S/C23H32N2O2/c1-18(10-11-19-8-6-5-7-9-19)24-16-20-12-14-21(15-13-20)27-17-22(26)25-23(2,3)4/h5-9,12-15,18,24H,10-11,16-17H2,1-4H3,(H,25,26). The number of ether oxygens (including phenoxy) is 1. The normalized spacial score (nSPS) is 12.4. The lowest BCUT2D eigenvalue weighted by Crippen LogP contribution is -2.43. The Labute approximate surface area is 163 Å². The quantitative estimate of drug-likeness (QED) is 0.701. The first-order valence-corrected chi connectivity index (χ1v) is 9.62. The predicted octanol–water partition coefficient (Wildman–Crippen LogP) is 4.09. The second-order valence-corrected chi connectivity index (χ2v) is 8.04. The minimum Gasteiger partial charge on any atom is -0.484 e. The van der Waals surface area contributed by atoms with E-state index in [2.05, 4.69) is 47.9 Å². The minimum atomic E-state index is -0.243. The summed E-state index contributed by atoms with van der Waals surface area (Å²) in [6.45, 7) is 8.93. The van der Waals surface area contributed by atoms with Crippen LogP contribution in [0.15, 0.2) is 54.6 Å². The summed E-state index contributed by atoms with van der Waals surface area (Å²) >= 11 is 0. The van der Waals surface area contributed by atoms with Gasteiger partial charge in [-0.1, -0.05) is 42.5 Å². The second-order valence-electron chi connectivity index (χ2n) is 8.04. The third-order valence-electron chi connectivity index (χ3n) is 4.17. The van der Waals surface area contributed by atoms with Crippen molar-refractivity contribution in [3.05, 3.63) is 65.7 Å². The van der Waals surface area contributed by atoms with E-state index >= 15 is 0 Å². The molecular weight excluding hydrogens is 336 g/mol. The first-order valence-electron chi connectivity index (χ1n) is 9.62. The van der Waals surface area contributed by atoms with E-state index in [1.54, 1.807) is 0 Å². The van der Waals surface area contributed by atoms with Crippen LogP contribution in [0.25, 0.3) is 0 Å². The molecule has 4 nitrogen and oxygen atoms in total. The van der Waals surface area contributed by atoms with Crippen LogP contribution in [0.3, 0.4) is 0 Å². The van der Waals surface area contributed by atoms with Crippen LogP contribution in [0, 0.1) is 0 Å². The molecule has 4 heteroatoms. The molecule has 1 atom stereocenters. The molecule has 2 aromatic rings. The zero-order valence-corrected chi connectivity index (χ0v) is 16.9. The van der Waals surface area contributed by atoms with Crippen molar-refractivity contribution in [3.8, 4) is 5.75 Å². The highest BCUT2D eigenvalue weighted by atomic mass is 16.5. The van der Waals surface area contributed by atoms with Crippen molar-refractivity contribution < 1.29 is 9.53 Å². The van der Waals surface area contributed by atoms with Gasteiger partial charge in [0, 0.05) is 18.1 Å². The summed E-state index contributed by atoms with van der Waals surface area (Å²) in [5.41, 5.74) is 2.34. The molecule has 2 N–H and O–H groups in total. The van der Waals surface area contributed by atoms with Gasteiger partial charge >= 0.3 is 0 Å². The van der Waals surface area contributed by atoms with E-state index in [1.807, 2.05) is 45.0 Å². The average Bonchev–Trinajstić information content (AvgIpc) is 2.63. The van der Waals surface area contributed by atoms with Crippen LogP contribution in [0.5, 0.6) is 5.75 Å². The van der Waals surface area contributed by atoms with Crippen LogP contribution >= 0.6 is 0 Å². The van der Waals surface area contributed by atoms with Crippen molar-refractivity contribution >= 4 is 5.91 Å². The zero-order chi connectivity index (χ0) is 19.7. The van der Waals surface area contributed by atoms with Gasteiger partial charge in [0.25, 0.3) is 5.91 Å². The first-order chi connectivity index (χ1) is 12.8. The van der Waals surface area contributed by atoms with Gasteiger partial charge in [0.2, 0.25) is 0 Å². The fourth-order valence-corrected chi connectivity index (χ4v) is 2.73. The lowest BCUT2D eigenvalue weighted by molar-refractivity contribution is -0.124. The monoisotopic (exact) mass is 368 g/mol. The smallest absolute Gasteiger partial charge is 0.258 e. The van der Waals surface area contributed by atoms with Crippen molar-refractivity contribution in [1.29, 1.82) is 0 Å². The van der Waals surface area contributed by atoms with Gasteiger partial charge in [0.1, 0.15) is 5.75 Å². The van der Waals surface area contributed by atoms with Gasteiger partial charge in [-0.25, -0.2) is 0 Å². The number of hydrogen-bond donors (Lipinski definition) is 2. The molecule has 2 rings (SSSR count). The number of nitrogens with one attached hydrogen (secondary N) is 2. The topological polar surface area (TPSA) is 50.4 Å².